The monoisotopic (exact) mass is 288 g/mol. The molecule has 0 spiro atoms. The molecule has 0 radical (unpaired) electrons. The zero-order valence-electron chi connectivity index (χ0n) is 10.8. The molecule has 1 aromatic heterocycles. The predicted molar refractivity (Wildman–Crippen MR) is 73.3 cm³/mol. The highest BCUT2D eigenvalue weighted by Crippen LogP contribution is 2.23. The number of nitrogens with zero attached hydrogens (tertiary/aromatic N) is 1. The van der Waals surface area contributed by atoms with Crippen molar-refractivity contribution in [2.75, 3.05) is 5.32 Å². The van der Waals surface area contributed by atoms with Gasteiger partial charge in [-0.1, -0.05) is 0 Å². The van der Waals surface area contributed by atoms with Gasteiger partial charge in [0.1, 0.15) is 11.5 Å². The number of carboxylic acids is 1. The summed E-state index contributed by atoms with van der Waals surface area (Å²) in [6, 6.07) is 6.62. The molecular formula is C14H12N2O5. The third kappa shape index (κ3) is 3.69. The minimum absolute atomic E-state index is 0.00223. The topological polar surface area (TPSA) is 120 Å². The Hall–Kier alpha value is -3.09. The maximum Gasteiger partial charge on any atom is 0.309 e. The van der Waals surface area contributed by atoms with Gasteiger partial charge in [0.2, 0.25) is 0 Å². The van der Waals surface area contributed by atoms with Crippen LogP contribution in [0, 0.1) is 0 Å². The van der Waals surface area contributed by atoms with Gasteiger partial charge in [-0.3, -0.25) is 14.6 Å². The molecule has 0 aliphatic heterocycles. The molecule has 0 unspecified atom stereocenters. The molecule has 0 atom stereocenters. The fourth-order valence-electron chi connectivity index (χ4n) is 1.67. The summed E-state index contributed by atoms with van der Waals surface area (Å²) in [5.41, 5.74) is 0.733. The maximum atomic E-state index is 11.9. The zero-order chi connectivity index (χ0) is 15.4. The number of carbonyl (C=O) groups excluding carboxylic acids is 1. The van der Waals surface area contributed by atoms with Crippen molar-refractivity contribution in [3.8, 4) is 11.5 Å². The Balaban J connectivity index is 2.10. The van der Waals surface area contributed by atoms with E-state index in [0.29, 0.717) is 11.4 Å². The molecule has 0 bridgehead atoms. The van der Waals surface area contributed by atoms with Crippen LogP contribution in [0.25, 0.3) is 0 Å². The predicted octanol–water partition coefficient (Wildman–Crippen LogP) is 1.37. The second kappa shape index (κ2) is 5.91. The number of amides is 1. The zero-order valence-corrected chi connectivity index (χ0v) is 10.8. The van der Waals surface area contributed by atoms with E-state index in [0.717, 1.165) is 6.07 Å². The van der Waals surface area contributed by atoms with Crippen molar-refractivity contribution in [1.29, 1.82) is 0 Å². The number of phenols is 2. The van der Waals surface area contributed by atoms with E-state index in [4.69, 9.17) is 10.2 Å². The number of benzene rings is 1. The van der Waals surface area contributed by atoms with E-state index in [1.165, 1.54) is 30.5 Å². The quantitative estimate of drug-likeness (QED) is 0.674. The molecule has 1 heterocycles. The highest BCUT2D eigenvalue weighted by molar-refractivity contribution is 6.06. The minimum atomic E-state index is -0.992. The molecule has 7 nitrogen and oxygen atoms in total. The standard InChI is InChI=1S/C14H12N2O5/c17-10-3-4-11(12(18)6-10)14(21)16-9-2-1-8(15-7-9)5-13(19)20/h1-4,6-7,17-18H,5H2,(H,16,21)(H,19,20). The van der Waals surface area contributed by atoms with E-state index in [1.807, 2.05) is 0 Å². The minimum Gasteiger partial charge on any atom is -0.508 e. The third-order valence-corrected chi connectivity index (χ3v) is 2.64. The molecule has 108 valence electrons. The van der Waals surface area contributed by atoms with Gasteiger partial charge in [-0.15, -0.1) is 0 Å². The highest BCUT2D eigenvalue weighted by Gasteiger charge is 2.12. The van der Waals surface area contributed by atoms with Crippen LogP contribution in [0.3, 0.4) is 0 Å². The number of aromatic hydroxyl groups is 2. The Bertz CT molecular complexity index is 682. The van der Waals surface area contributed by atoms with Crippen molar-refractivity contribution in [2.24, 2.45) is 0 Å². The van der Waals surface area contributed by atoms with Gasteiger partial charge in [-0.05, 0) is 24.3 Å². The molecule has 0 aliphatic carbocycles. The first-order valence-corrected chi connectivity index (χ1v) is 5.96. The molecule has 0 saturated heterocycles. The summed E-state index contributed by atoms with van der Waals surface area (Å²) in [5.74, 6) is -2.06. The van der Waals surface area contributed by atoms with Crippen LogP contribution in [0.5, 0.6) is 11.5 Å². The van der Waals surface area contributed by atoms with Gasteiger partial charge in [0.25, 0.3) is 5.91 Å². The Kier molecular flexibility index (Phi) is 4.03. The van der Waals surface area contributed by atoms with E-state index in [-0.39, 0.29) is 23.5 Å². The van der Waals surface area contributed by atoms with Gasteiger partial charge in [0.05, 0.1) is 29.6 Å². The molecule has 7 heteroatoms. The number of hydrogen-bond donors (Lipinski definition) is 4. The van der Waals surface area contributed by atoms with Crippen molar-refractivity contribution >= 4 is 17.6 Å². The Morgan fingerprint density at radius 3 is 2.48 bits per heavy atom. The van der Waals surface area contributed by atoms with Gasteiger partial charge in [0, 0.05) is 6.07 Å². The molecule has 0 fully saturated rings. The maximum absolute atomic E-state index is 11.9. The number of phenolic OH excluding ortho intramolecular Hbond substituents is 2. The summed E-state index contributed by atoms with van der Waals surface area (Å²) in [7, 11) is 0. The van der Waals surface area contributed by atoms with Crippen LogP contribution in [0.4, 0.5) is 5.69 Å². The number of aliphatic carboxylic acids is 1. The van der Waals surface area contributed by atoms with E-state index < -0.39 is 11.9 Å². The van der Waals surface area contributed by atoms with Crippen molar-refractivity contribution in [1.82, 2.24) is 4.98 Å². The SMILES string of the molecule is O=C(O)Cc1ccc(NC(=O)c2ccc(O)cc2O)cn1. The van der Waals surface area contributed by atoms with Gasteiger partial charge >= 0.3 is 5.97 Å². The summed E-state index contributed by atoms with van der Waals surface area (Å²) in [5, 5.41) is 29.9. The number of hydrogen-bond acceptors (Lipinski definition) is 5. The second-order valence-electron chi connectivity index (χ2n) is 4.26. The Morgan fingerprint density at radius 2 is 1.90 bits per heavy atom. The van der Waals surface area contributed by atoms with Crippen molar-refractivity contribution < 1.29 is 24.9 Å². The lowest BCUT2D eigenvalue weighted by Gasteiger charge is -2.07. The molecule has 21 heavy (non-hydrogen) atoms. The molecule has 2 aromatic rings. The second-order valence-corrected chi connectivity index (χ2v) is 4.26. The number of anilines is 1. The molecule has 2 rings (SSSR count). The van der Waals surface area contributed by atoms with Crippen LogP contribution in [0.2, 0.25) is 0 Å². The largest absolute Gasteiger partial charge is 0.508 e. The van der Waals surface area contributed by atoms with Crippen LogP contribution in [-0.4, -0.2) is 32.2 Å². The smallest absolute Gasteiger partial charge is 0.309 e. The van der Waals surface area contributed by atoms with E-state index in [9.17, 15) is 14.7 Å². The first-order valence-electron chi connectivity index (χ1n) is 5.96. The number of carbonyl (C=O) groups is 2. The average Bonchev–Trinajstić information content (AvgIpc) is 2.40. The third-order valence-electron chi connectivity index (χ3n) is 2.64. The molecule has 4 N–H and O–H groups in total. The average molecular weight is 288 g/mol. The van der Waals surface area contributed by atoms with Gasteiger partial charge in [-0.2, -0.15) is 0 Å². The Labute approximate surface area is 119 Å². The van der Waals surface area contributed by atoms with E-state index in [2.05, 4.69) is 10.3 Å². The van der Waals surface area contributed by atoms with Crippen molar-refractivity contribution in [3.05, 3.63) is 47.8 Å². The molecule has 1 amide bonds. The summed E-state index contributed by atoms with van der Waals surface area (Å²) < 4.78 is 0. The van der Waals surface area contributed by atoms with E-state index in [1.54, 1.807) is 0 Å². The summed E-state index contributed by atoms with van der Waals surface area (Å²) in [6.07, 6.45) is 1.13. The lowest BCUT2D eigenvalue weighted by molar-refractivity contribution is -0.136. The molecule has 0 saturated carbocycles. The summed E-state index contributed by atoms with van der Waals surface area (Å²) in [6.45, 7) is 0. The Morgan fingerprint density at radius 1 is 1.14 bits per heavy atom. The summed E-state index contributed by atoms with van der Waals surface area (Å²) >= 11 is 0. The van der Waals surface area contributed by atoms with Crippen LogP contribution >= 0.6 is 0 Å². The lowest BCUT2D eigenvalue weighted by atomic mass is 10.1. The van der Waals surface area contributed by atoms with Crippen molar-refractivity contribution in [3.63, 3.8) is 0 Å². The number of carboxylic acid groups (broad SMARTS) is 1. The van der Waals surface area contributed by atoms with Crippen molar-refractivity contribution in [2.45, 2.75) is 6.42 Å². The normalized spacial score (nSPS) is 10.1. The molecule has 1 aromatic carbocycles. The van der Waals surface area contributed by atoms with Crippen LogP contribution in [0.15, 0.2) is 36.5 Å². The summed E-state index contributed by atoms with van der Waals surface area (Å²) in [4.78, 5) is 26.4. The number of pyridine rings is 1. The fraction of sp³-hybridized carbons (Fsp3) is 0.0714. The number of nitrogens with one attached hydrogen (secondary N) is 1. The highest BCUT2D eigenvalue weighted by atomic mass is 16.4. The number of rotatable bonds is 4. The number of aromatic nitrogens is 1. The van der Waals surface area contributed by atoms with E-state index >= 15 is 0 Å². The fourth-order valence-corrected chi connectivity index (χ4v) is 1.67. The van der Waals surface area contributed by atoms with Gasteiger partial charge in [-0.25, -0.2) is 0 Å². The van der Waals surface area contributed by atoms with Crippen LogP contribution < -0.4 is 5.32 Å². The van der Waals surface area contributed by atoms with Crippen LogP contribution in [-0.2, 0) is 11.2 Å². The first-order chi connectivity index (χ1) is 9.95. The van der Waals surface area contributed by atoms with Gasteiger partial charge < -0.3 is 20.6 Å². The molecule has 0 aliphatic rings. The lowest BCUT2D eigenvalue weighted by Crippen LogP contribution is -2.12. The van der Waals surface area contributed by atoms with Crippen LogP contribution in [0.1, 0.15) is 16.1 Å². The first kappa shape index (κ1) is 14.3. The molecular weight excluding hydrogens is 276 g/mol. The van der Waals surface area contributed by atoms with Gasteiger partial charge in [0.15, 0.2) is 0 Å².